The highest BCUT2D eigenvalue weighted by atomic mass is 16.1. The van der Waals surface area contributed by atoms with Crippen molar-refractivity contribution in [2.24, 2.45) is 5.11 Å². The summed E-state index contributed by atoms with van der Waals surface area (Å²) in [5.41, 5.74) is 8.77. The van der Waals surface area contributed by atoms with Gasteiger partial charge in [-0.1, -0.05) is 35.4 Å². The van der Waals surface area contributed by atoms with E-state index in [0.29, 0.717) is 25.1 Å². The number of azide groups is 1. The molecule has 0 aromatic heterocycles. The highest BCUT2D eigenvalue weighted by Crippen LogP contribution is 2.15. The van der Waals surface area contributed by atoms with Crippen LogP contribution < -0.4 is 5.32 Å². The van der Waals surface area contributed by atoms with Crippen LogP contribution in [0.2, 0.25) is 0 Å². The predicted octanol–water partition coefficient (Wildman–Crippen LogP) is 3.27. The van der Waals surface area contributed by atoms with E-state index in [1.165, 1.54) is 0 Å². The van der Waals surface area contributed by atoms with Gasteiger partial charge in [-0.05, 0) is 34.9 Å². The van der Waals surface area contributed by atoms with Gasteiger partial charge in [-0.2, -0.15) is 0 Å². The molecule has 0 spiro atoms. The fraction of sp³-hybridized carbons (Fsp3) is 0.214. The number of amides is 1. The minimum atomic E-state index is -0.105. The third kappa shape index (κ3) is 3.47. The lowest BCUT2D eigenvalue weighted by Gasteiger charge is -2.05. The van der Waals surface area contributed by atoms with Gasteiger partial charge < -0.3 is 5.32 Å². The molecule has 0 fully saturated rings. The maximum atomic E-state index is 11.9. The van der Waals surface area contributed by atoms with E-state index in [-0.39, 0.29) is 5.91 Å². The summed E-state index contributed by atoms with van der Waals surface area (Å²) < 4.78 is 0. The van der Waals surface area contributed by atoms with Crippen LogP contribution in [0, 0.1) is 0 Å². The van der Waals surface area contributed by atoms with Gasteiger partial charge in [0.25, 0.3) is 5.91 Å². The smallest absolute Gasteiger partial charge is 0.251 e. The van der Waals surface area contributed by atoms with Crippen LogP contribution in [-0.4, -0.2) is 19.0 Å². The molecule has 0 saturated heterocycles. The molecule has 0 aliphatic heterocycles. The number of carbonyl (C=O) groups is 1. The Morgan fingerprint density at radius 2 is 2.00 bits per heavy atom. The minimum Gasteiger partial charge on any atom is -0.352 e. The van der Waals surface area contributed by atoms with Gasteiger partial charge in [-0.15, -0.1) is 0 Å². The van der Waals surface area contributed by atoms with Crippen LogP contribution in [0.1, 0.15) is 16.8 Å². The Bertz CT molecular complexity index is 632. The summed E-state index contributed by atoms with van der Waals surface area (Å²) in [7, 11) is 0. The van der Waals surface area contributed by atoms with Crippen molar-refractivity contribution in [2.75, 3.05) is 13.1 Å². The first-order valence-electron chi connectivity index (χ1n) is 6.09. The van der Waals surface area contributed by atoms with Gasteiger partial charge in [0.1, 0.15) is 0 Å². The van der Waals surface area contributed by atoms with Gasteiger partial charge in [0.15, 0.2) is 0 Å². The molecule has 2 aromatic carbocycles. The first kappa shape index (κ1) is 12.9. The second kappa shape index (κ2) is 6.42. The molecule has 5 nitrogen and oxygen atoms in total. The van der Waals surface area contributed by atoms with Crippen molar-refractivity contribution < 1.29 is 4.79 Å². The molecule has 0 heterocycles. The number of benzene rings is 2. The van der Waals surface area contributed by atoms with Crippen molar-refractivity contribution in [3.8, 4) is 0 Å². The van der Waals surface area contributed by atoms with Crippen LogP contribution >= 0.6 is 0 Å². The fourth-order valence-electron chi connectivity index (χ4n) is 1.83. The van der Waals surface area contributed by atoms with E-state index in [1.807, 2.05) is 42.5 Å². The van der Waals surface area contributed by atoms with Crippen molar-refractivity contribution >= 4 is 16.7 Å². The molecule has 5 heteroatoms. The van der Waals surface area contributed by atoms with Crippen molar-refractivity contribution in [2.45, 2.75) is 6.42 Å². The SMILES string of the molecule is [N-]=[N+]=NCCCNC(=O)c1ccc2ccccc2c1. The lowest BCUT2D eigenvalue weighted by Crippen LogP contribution is -2.24. The van der Waals surface area contributed by atoms with Gasteiger partial charge in [-0.25, -0.2) is 0 Å². The maximum absolute atomic E-state index is 11.9. The first-order valence-corrected chi connectivity index (χ1v) is 6.09. The average Bonchev–Trinajstić information content (AvgIpc) is 2.46. The fourth-order valence-corrected chi connectivity index (χ4v) is 1.83. The van der Waals surface area contributed by atoms with Gasteiger partial charge >= 0.3 is 0 Å². The maximum Gasteiger partial charge on any atom is 0.251 e. The van der Waals surface area contributed by atoms with E-state index < -0.39 is 0 Å². The highest BCUT2D eigenvalue weighted by Gasteiger charge is 2.05. The predicted molar refractivity (Wildman–Crippen MR) is 74.9 cm³/mol. The van der Waals surface area contributed by atoms with Gasteiger partial charge in [0.05, 0.1) is 0 Å². The summed E-state index contributed by atoms with van der Waals surface area (Å²) in [4.78, 5) is 14.6. The Balaban J connectivity index is 1.99. The summed E-state index contributed by atoms with van der Waals surface area (Å²) in [6, 6.07) is 13.5. The number of hydrogen-bond acceptors (Lipinski definition) is 2. The molecule has 0 saturated carbocycles. The first-order chi connectivity index (χ1) is 9.31. The molecule has 0 radical (unpaired) electrons. The molecular weight excluding hydrogens is 240 g/mol. The van der Waals surface area contributed by atoms with Crippen molar-refractivity contribution in [1.29, 1.82) is 0 Å². The van der Waals surface area contributed by atoms with Crippen molar-refractivity contribution in [3.05, 3.63) is 58.5 Å². The molecule has 1 N–H and O–H groups in total. The monoisotopic (exact) mass is 254 g/mol. The molecule has 19 heavy (non-hydrogen) atoms. The second-order valence-electron chi connectivity index (χ2n) is 4.13. The number of rotatable bonds is 5. The van der Waals surface area contributed by atoms with E-state index >= 15 is 0 Å². The molecular formula is C14H14N4O. The number of carbonyl (C=O) groups excluding carboxylic acids is 1. The van der Waals surface area contributed by atoms with Crippen LogP contribution in [-0.2, 0) is 0 Å². The lowest BCUT2D eigenvalue weighted by molar-refractivity contribution is 0.0953. The molecule has 0 bridgehead atoms. The molecule has 1 amide bonds. The molecule has 96 valence electrons. The molecule has 0 aliphatic carbocycles. The number of nitrogens with one attached hydrogen (secondary N) is 1. The number of fused-ring (bicyclic) bond motifs is 1. The summed E-state index contributed by atoms with van der Waals surface area (Å²) >= 11 is 0. The van der Waals surface area contributed by atoms with Gasteiger partial charge in [0.2, 0.25) is 0 Å². The van der Waals surface area contributed by atoms with E-state index in [2.05, 4.69) is 15.3 Å². The normalized spacial score (nSPS) is 9.89. The lowest BCUT2D eigenvalue weighted by atomic mass is 10.1. The van der Waals surface area contributed by atoms with Crippen LogP contribution in [0.3, 0.4) is 0 Å². The van der Waals surface area contributed by atoms with Crippen LogP contribution in [0.5, 0.6) is 0 Å². The largest absolute Gasteiger partial charge is 0.352 e. The Kier molecular flexibility index (Phi) is 4.37. The van der Waals surface area contributed by atoms with E-state index in [9.17, 15) is 4.79 Å². The number of hydrogen-bond donors (Lipinski definition) is 1. The van der Waals surface area contributed by atoms with Crippen molar-refractivity contribution in [3.63, 3.8) is 0 Å². The zero-order valence-corrected chi connectivity index (χ0v) is 10.4. The Hall–Kier alpha value is -2.52. The standard InChI is InChI=1S/C14H14N4O/c15-18-17-9-3-8-16-14(19)13-7-6-11-4-1-2-5-12(11)10-13/h1-2,4-7,10H,3,8-9H2,(H,16,19). The molecule has 0 aliphatic rings. The molecule has 2 aromatic rings. The van der Waals surface area contributed by atoms with Crippen molar-refractivity contribution in [1.82, 2.24) is 5.32 Å². The Morgan fingerprint density at radius 1 is 1.21 bits per heavy atom. The van der Waals surface area contributed by atoms with E-state index in [1.54, 1.807) is 0 Å². The molecule has 0 atom stereocenters. The van der Waals surface area contributed by atoms with E-state index in [4.69, 9.17) is 5.53 Å². The third-order valence-electron chi connectivity index (χ3n) is 2.80. The van der Waals surface area contributed by atoms with E-state index in [0.717, 1.165) is 10.8 Å². The van der Waals surface area contributed by atoms with Crippen LogP contribution in [0.25, 0.3) is 21.2 Å². The second-order valence-corrected chi connectivity index (χ2v) is 4.13. The Labute approximate surface area is 110 Å². The number of nitrogens with zero attached hydrogens (tertiary/aromatic N) is 3. The van der Waals surface area contributed by atoms with Crippen LogP contribution in [0.4, 0.5) is 0 Å². The third-order valence-corrected chi connectivity index (χ3v) is 2.80. The van der Waals surface area contributed by atoms with Gasteiger partial charge in [-0.3, -0.25) is 4.79 Å². The summed E-state index contributed by atoms with van der Waals surface area (Å²) in [6.07, 6.45) is 0.642. The summed E-state index contributed by atoms with van der Waals surface area (Å²) in [5, 5.41) is 8.37. The molecule has 2 rings (SSSR count). The van der Waals surface area contributed by atoms with Gasteiger partial charge in [0, 0.05) is 23.6 Å². The Morgan fingerprint density at radius 3 is 2.79 bits per heavy atom. The average molecular weight is 254 g/mol. The summed E-state index contributed by atoms with van der Waals surface area (Å²) in [5.74, 6) is -0.105. The highest BCUT2D eigenvalue weighted by molar-refractivity contribution is 5.98. The minimum absolute atomic E-state index is 0.105. The zero-order chi connectivity index (χ0) is 13.5. The summed E-state index contributed by atoms with van der Waals surface area (Å²) in [6.45, 7) is 0.902. The quantitative estimate of drug-likeness (QED) is 0.378. The molecule has 0 unspecified atom stereocenters. The topological polar surface area (TPSA) is 77.9 Å². The van der Waals surface area contributed by atoms with Crippen LogP contribution in [0.15, 0.2) is 47.6 Å². The zero-order valence-electron chi connectivity index (χ0n) is 10.4.